The summed E-state index contributed by atoms with van der Waals surface area (Å²) in [5.41, 5.74) is -0.460. The summed E-state index contributed by atoms with van der Waals surface area (Å²) < 4.78 is 5.41. The highest BCUT2D eigenvalue weighted by molar-refractivity contribution is 5.79. The molecule has 2 fully saturated rings. The summed E-state index contributed by atoms with van der Waals surface area (Å²) in [6, 6.07) is 0. The zero-order chi connectivity index (χ0) is 18.6. The molecular weight excluding hydrogens is 318 g/mol. The van der Waals surface area contributed by atoms with Gasteiger partial charge in [0.05, 0.1) is 0 Å². The number of amides is 2. The first kappa shape index (κ1) is 20.0. The first-order chi connectivity index (χ1) is 11.7. The lowest BCUT2D eigenvalue weighted by atomic mass is 9.81. The summed E-state index contributed by atoms with van der Waals surface area (Å²) in [5.74, 6) is 0.979. The average molecular weight is 354 g/mol. The molecule has 0 aromatic heterocycles. The van der Waals surface area contributed by atoms with Crippen molar-refractivity contribution in [2.24, 2.45) is 11.8 Å². The molecule has 0 atom stereocenters. The lowest BCUT2D eigenvalue weighted by Gasteiger charge is -2.37. The predicted octanol–water partition coefficient (Wildman–Crippen LogP) is 2.43. The summed E-state index contributed by atoms with van der Waals surface area (Å²) in [6.07, 6.45) is 3.65. The fourth-order valence-corrected chi connectivity index (χ4v) is 3.68. The number of carbonyl (C=O) groups excluding carboxylic acids is 2. The molecule has 1 heterocycles. The van der Waals surface area contributed by atoms with Crippen LogP contribution in [0.1, 0.15) is 46.5 Å². The standard InChI is InChI=1S/C19H35N3O3/c1-19(2,3)25-18(24)21(5)14-15-6-8-16(9-7-15)17(23)22-12-10-20(4)11-13-22/h15-16H,6-14H2,1-5H3. The first-order valence-corrected chi connectivity index (χ1v) is 9.57. The van der Waals surface area contributed by atoms with Gasteiger partial charge in [-0.05, 0) is 59.4 Å². The number of rotatable bonds is 3. The summed E-state index contributed by atoms with van der Waals surface area (Å²) >= 11 is 0. The second kappa shape index (κ2) is 8.39. The molecule has 0 radical (unpaired) electrons. The highest BCUT2D eigenvalue weighted by Gasteiger charge is 2.31. The molecule has 25 heavy (non-hydrogen) atoms. The molecule has 0 aromatic carbocycles. The Morgan fingerprint density at radius 3 is 2.12 bits per heavy atom. The molecule has 0 spiro atoms. The Morgan fingerprint density at radius 1 is 1.04 bits per heavy atom. The lowest BCUT2D eigenvalue weighted by molar-refractivity contribution is -0.138. The van der Waals surface area contributed by atoms with Gasteiger partial charge in [0.2, 0.25) is 5.91 Å². The number of carbonyl (C=O) groups is 2. The van der Waals surface area contributed by atoms with E-state index in [0.717, 1.165) is 51.9 Å². The number of hydrogen-bond donors (Lipinski definition) is 0. The van der Waals surface area contributed by atoms with Gasteiger partial charge in [-0.3, -0.25) is 4.79 Å². The quantitative estimate of drug-likeness (QED) is 0.782. The fourth-order valence-electron chi connectivity index (χ4n) is 3.68. The van der Waals surface area contributed by atoms with Crippen LogP contribution in [-0.4, -0.2) is 79.1 Å². The number of likely N-dealkylation sites (N-methyl/N-ethyl adjacent to an activating group) is 1. The van der Waals surface area contributed by atoms with E-state index in [1.165, 1.54) is 0 Å². The molecule has 0 N–H and O–H groups in total. The Kier molecular flexibility index (Phi) is 6.72. The smallest absolute Gasteiger partial charge is 0.410 e. The zero-order valence-electron chi connectivity index (χ0n) is 16.6. The van der Waals surface area contributed by atoms with E-state index < -0.39 is 5.60 Å². The second-order valence-electron chi connectivity index (χ2n) is 8.71. The van der Waals surface area contributed by atoms with Gasteiger partial charge in [-0.2, -0.15) is 0 Å². The summed E-state index contributed by atoms with van der Waals surface area (Å²) in [5, 5.41) is 0. The zero-order valence-corrected chi connectivity index (χ0v) is 16.6. The Balaban J connectivity index is 1.74. The van der Waals surface area contributed by atoms with Crippen molar-refractivity contribution in [1.82, 2.24) is 14.7 Å². The van der Waals surface area contributed by atoms with Crippen molar-refractivity contribution in [3.8, 4) is 0 Å². The van der Waals surface area contributed by atoms with Gasteiger partial charge in [-0.15, -0.1) is 0 Å². The van der Waals surface area contributed by atoms with Gasteiger partial charge >= 0.3 is 6.09 Å². The van der Waals surface area contributed by atoms with E-state index in [0.29, 0.717) is 18.4 Å². The normalized spacial score (nSPS) is 25.6. The van der Waals surface area contributed by atoms with Crippen LogP contribution in [0.15, 0.2) is 0 Å². The Morgan fingerprint density at radius 2 is 1.60 bits per heavy atom. The molecule has 0 aromatic rings. The summed E-state index contributed by atoms with van der Waals surface area (Å²) in [7, 11) is 3.91. The maximum Gasteiger partial charge on any atom is 0.410 e. The second-order valence-corrected chi connectivity index (χ2v) is 8.71. The Labute approximate surface area is 152 Å². The van der Waals surface area contributed by atoms with Crippen LogP contribution in [0.3, 0.4) is 0 Å². The molecule has 1 aliphatic carbocycles. The van der Waals surface area contributed by atoms with Crippen LogP contribution in [0.2, 0.25) is 0 Å². The van der Waals surface area contributed by atoms with Crippen LogP contribution in [0.25, 0.3) is 0 Å². The van der Waals surface area contributed by atoms with E-state index in [2.05, 4.69) is 11.9 Å². The van der Waals surface area contributed by atoms with Gasteiger partial charge in [0.1, 0.15) is 5.60 Å². The topological polar surface area (TPSA) is 53.1 Å². The molecule has 0 unspecified atom stereocenters. The first-order valence-electron chi connectivity index (χ1n) is 9.57. The molecule has 2 rings (SSSR count). The number of nitrogens with zero attached hydrogens (tertiary/aromatic N) is 3. The highest BCUT2D eigenvalue weighted by atomic mass is 16.6. The highest BCUT2D eigenvalue weighted by Crippen LogP contribution is 2.31. The third-order valence-corrected chi connectivity index (χ3v) is 5.25. The van der Waals surface area contributed by atoms with Gasteiger partial charge in [-0.25, -0.2) is 4.79 Å². The minimum atomic E-state index is -0.460. The van der Waals surface area contributed by atoms with Gasteiger partial charge in [-0.1, -0.05) is 0 Å². The van der Waals surface area contributed by atoms with Crippen molar-refractivity contribution < 1.29 is 14.3 Å². The van der Waals surface area contributed by atoms with Gasteiger partial charge < -0.3 is 19.4 Å². The lowest BCUT2D eigenvalue weighted by Crippen LogP contribution is -2.49. The third kappa shape index (κ3) is 6.17. The van der Waals surface area contributed by atoms with Crippen molar-refractivity contribution in [2.75, 3.05) is 46.8 Å². The van der Waals surface area contributed by atoms with Crippen molar-refractivity contribution in [2.45, 2.75) is 52.1 Å². The summed E-state index contributed by atoms with van der Waals surface area (Å²) in [6.45, 7) is 10.0. The molecular formula is C19H35N3O3. The van der Waals surface area contributed by atoms with Crippen LogP contribution in [0, 0.1) is 11.8 Å². The van der Waals surface area contributed by atoms with E-state index in [1.54, 1.807) is 11.9 Å². The van der Waals surface area contributed by atoms with Crippen LogP contribution in [0.4, 0.5) is 4.79 Å². The molecule has 1 saturated heterocycles. The largest absolute Gasteiger partial charge is 0.444 e. The molecule has 1 saturated carbocycles. The molecule has 6 nitrogen and oxygen atoms in total. The maximum atomic E-state index is 12.7. The average Bonchev–Trinajstić information content (AvgIpc) is 2.54. The third-order valence-electron chi connectivity index (χ3n) is 5.25. The summed E-state index contributed by atoms with van der Waals surface area (Å²) in [4.78, 5) is 30.7. The van der Waals surface area contributed by atoms with E-state index >= 15 is 0 Å². The molecule has 144 valence electrons. The minimum absolute atomic E-state index is 0.173. The van der Waals surface area contributed by atoms with E-state index in [1.807, 2.05) is 25.7 Å². The van der Waals surface area contributed by atoms with Crippen molar-refractivity contribution in [3.63, 3.8) is 0 Å². The minimum Gasteiger partial charge on any atom is -0.444 e. The SMILES string of the molecule is CN1CCN(C(=O)C2CCC(CN(C)C(=O)OC(C)(C)C)CC2)CC1. The van der Waals surface area contributed by atoms with Crippen LogP contribution < -0.4 is 0 Å². The van der Waals surface area contributed by atoms with E-state index in [9.17, 15) is 9.59 Å². The molecule has 0 bridgehead atoms. The van der Waals surface area contributed by atoms with Crippen molar-refractivity contribution >= 4 is 12.0 Å². The van der Waals surface area contributed by atoms with Crippen LogP contribution in [-0.2, 0) is 9.53 Å². The van der Waals surface area contributed by atoms with Crippen molar-refractivity contribution in [3.05, 3.63) is 0 Å². The fraction of sp³-hybridized carbons (Fsp3) is 0.895. The van der Waals surface area contributed by atoms with Crippen LogP contribution in [0.5, 0.6) is 0 Å². The Bertz CT molecular complexity index is 459. The van der Waals surface area contributed by atoms with E-state index in [4.69, 9.17) is 4.74 Å². The number of ether oxygens (including phenoxy) is 1. The van der Waals surface area contributed by atoms with Gasteiger partial charge in [0.15, 0.2) is 0 Å². The molecule has 1 aliphatic heterocycles. The molecule has 2 aliphatic rings. The maximum absolute atomic E-state index is 12.7. The number of piperazine rings is 1. The molecule has 2 amide bonds. The predicted molar refractivity (Wildman–Crippen MR) is 98.4 cm³/mol. The monoisotopic (exact) mass is 353 g/mol. The van der Waals surface area contributed by atoms with E-state index in [-0.39, 0.29) is 12.0 Å². The van der Waals surface area contributed by atoms with Gasteiger partial charge in [0.25, 0.3) is 0 Å². The molecule has 6 heteroatoms. The van der Waals surface area contributed by atoms with Crippen LogP contribution >= 0.6 is 0 Å². The number of hydrogen-bond acceptors (Lipinski definition) is 4. The van der Waals surface area contributed by atoms with Gasteiger partial charge in [0, 0.05) is 45.7 Å². The van der Waals surface area contributed by atoms with Crippen molar-refractivity contribution in [1.29, 1.82) is 0 Å². The Hall–Kier alpha value is -1.30.